The first-order chi connectivity index (χ1) is 8.43. The first-order valence-electron chi connectivity index (χ1n) is 5.36. The fraction of sp³-hybridized carbons (Fsp3) is 0.364. The minimum absolute atomic E-state index is 0.0236. The second kappa shape index (κ2) is 4.87. The molecule has 1 heterocycles. The van der Waals surface area contributed by atoms with E-state index in [9.17, 15) is 13.2 Å². The summed E-state index contributed by atoms with van der Waals surface area (Å²) in [6.45, 7) is 0.0236. The minimum atomic E-state index is -3.80. The summed E-state index contributed by atoms with van der Waals surface area (Å²) in [4.78, 5) is 11.2. The number of alkyl halides is 1. The maximum absolute atomic E-state index is 12.3. The van der Waals surface area contributed by atoms with E-state index in [0.717, 1.165) is 4.31 Å². The molecule has 0 aliphatic carbocycles. The number of carboxylic acids is 1. The van der Waals surface area contributed by atoms with Crippen LogP contribution in [0.2, 0.25) is 0 Å². The molecule has 98 valence electrons. The second-order valence-corrected chi connectivity index (χ2v) is 6.58. The molecule has 0 saturated carbocycles. The van der Waals surface area contributed by atoms with Crippen molar-refractivity contribution in [2.75, 3.05) is 6.54 Å². The number of hydrogen-bond acceptors (Lipinski definition) is 3. The molecular weight excluding hydrogens is 278 g/mol. The van der Waals surface area contributed by atoms with E-state index >= 15 is 0 Å². The largest absolute Gasteiger partial charge is 0.480 e. The van der Waals surface area contributed by atoms with Crippen LogP contribution in [0.4, 0.5) is 0 Å². The molecule has 1 fully saturated rings. The standard InChI is InChI=1S/C11H12ClNO4S/c12-8-6-10(11(14)15)13(7-8)18(16,17)9-4-2-1-3-5-9/h1-5,8,10H,6-7H2,(H,14,15)/t8-,10-/m0/s1. The van der Waals surface area contributed by atoms with Crippen LogP contribution in [0.3, 0.4) is 0 Å². The van der Waals surface area contributed by atoms with Crippen LogP contribution >= 0.6 is 11.6 Å². The molecule has 1 N–H and O–H groups in total. The molecule has 1 aliphatic heterocycles. The van der Waals surface area contributed by atoms with E-state index in [1.54, 1.807) is 18.2 Å². The van der Waals surface area contributed by atoms with E-state index in [0.29, 0.717) is 0 Å². The van der Waals surface area contributed by atoms with Gasteiger partial charge in [0.2, 0.25) is 10.0 Å². The highest BCUT2D eigenvalue weighted by Gasteiger charge is 2.43. The van der Waals surface area contributed by atoms with Gasteiger partial charge in [-0.2, -0.15) is 4.31 Å². The maximum atomic E-state index is 12.3. The summed E-state index contributed by atoms with van der Waals surface area (Å²) in [7, 11) is -3.80. The molecule has 0 amide bonds. The van der Waals surface area contributed by atoms with E-state index in [-0.39, 0.29) is 17.9 Å². The van der Waals surface area contributed by atoms with Crippen LogP contribution in [0, 0.1) is 0 Å². The molecular formula is C11H12ClNO4S. The molecule has 0 spiro atoms. The first kappa shape index (κ1) is 13.3. The number of carboxylic acid groups (broad SMARTS) is 1. The van der Waals surface area contributed by atoms with E-state index < -0.39 is 27.4 Å². The topological polar surface area (TPSA) is 74.7 Å². The Morgan fingerprint density at radius 3 is 2.50 bits per heavy atom. The van der Waals surface area contributed by atoms with Gasteiger partial charge in [0.15, 0.2) is 0 Å². The van der Waals surface area contributed by atoms with Crippen molar-refractivity contribution >= 4 is 27.6 Å². The molecule has 5 nitrogen and oxygen atoms in total. The number of carbonyl (C=O) groups is 1. The quantitative estimate of drug-likeness (QED) is 0.847. The van der Waals surface area contributed by atoms with Crippen LogP contribution in [0.5, 0.6) is 0 Å². The highest BCUT2D eigenvalue weighted by atomic mass is 35.5. The van der Waals surface area contributed by atoms with Crippen LogP contribution in [0.15, 0.2) is 35.2 Å². The van der Waals surface area contributed by atoms with Crippen LogP contribution in [-0.4, -0.2) is 41.8 Å². The van der Waals surface area contributed by atoms with Crippen molar-refractivity contribution in [2.45, 2.75) is 22.7 Å². The molecule has 2 rings (SSSR count). The minimum Gasteiger partial charge on any atom is -0.480 e. The number of aliphatic carboxylic acids is 1. The Labute approximate surface area is 110 Å². The molecule has 7 heteroatoms. The van der Waals surface area contributed by atoms with Gasteiger partial charge in [-0.25, -0.2) is 8.42 Å². The van der Waals surface area contributed by atoms with Gasteiger partial charge in [0, 0.05) is 11.9 Å². The number of sulfonamides is 1. The van der Waals surface area contributed by atoms with Crippen LogP contribution in [0.1, 0.15) is 6.42 Å². The fourth-order valence-electron chi connectivity index (χ4n) is 1.97. The van der Waals surface area contributed by atoms with Gasteiger partial charge < -0.3 is 5.11 Å². The van der Waals surface area contributed by atoms with Gasteiger partial charge in [-0.3, -0.25) is 4.79 Å². The molecule has 1 aliphatic rings. The van der Waals surface area contributed by atoms with Crippen molar-refractivity contribution in [1.29, 1.82) is 0 Å². The van der Waals surface area contributed by atoms with Crippen molar-refractivity contribution in [3.8, 4) is 0 Å². The summed E-state index contributed by atoms with van der Waals surface area (Å²) in [5.41, 5.74) is 0. The fourth-order valence-corrected chi connectivity index (χ4v) is 4.03. The Morgan fingerprint density at radius 2 is 1.94 bits per heavy atom. The number of rotatable bonds is 3. The lowest BCUT2D eigenvalue weighted by atomic mass is 10.2. The first-order valence-corrected chi connectivity index (χ1v) is 7.24. The molecule has 1 saturated heterocycles. The van der Waals surface area contributed by atoms with Crippen molar-refractivity contribution in [1.82, 2.24) is 4.31 Å². The molecule has 0 bridgehead atoms. The number of halogens is 1. The summed E-state index contributed by atoms with van der Waals surface area (Å²) in [6.07, 6.45) is 0.128. The maximum Gasteiger partial charge on any atom is 0.322 e. The lowest BCUT2D eigenvalue weighted by Crippen LogP contribution is -2.40. The highest BCUT2D eigenvalue weighted by Crippen LogP contribution is 2.28. The van der Waals surface area contributed by atoms with Crippen molar-refractivity contribution in [3.63, 3.8) is 0 Å². The predicted octanol–water partition coefficient (Wildman–Crippen LogP) is 1.14. The van der Waals surface area contributed by atoms with Gasteiger partial charge >= 0.3 is 5.97 Å². The van der Waals surface area contributed by atoms with Gasteiger partial charge in [0.05, 0.1) is 4.90 Å². The summed E-state index contributed by atoms with van der Waals surface area (Å²) in [6, 6.07) is 6.68. The van der Waals surface area contributed by atoms with Crippen molar-refractivity contribution < 1.29 is 18.3 Å². The lowest BCUT2D eigenvalue weighted by Gasteiger charge is -2.20. The SMILES string of the molecule is O=C(O)[C@@H]1C[C@H](Cl)CN1S(=O)(=O)c1ccccc1. The third-order valence-electron chi connectivity index (χ3n) is 2.84. The van der Waals surface area contributed by atoms with Gasteiger partial charge in [0.25, 0.3) is 0 Å². The second-order valence-electron chi connectivity index (χ2n) is 4.07. The highest BCUT2D eigenvalue weighted by molar-refractivity contribution is 7.89. The summed E-state index contributed by atoms with van der Waals surface area (Å²) in [5.74, 6) is -1.17. The monoisotopic (exact) mass is 289 g/mol. The van der Waals surface area contributed by atoms with Gasteiger partial charge in [0.1, 0.15) is 6.04 Å². The summed E-state index contributed by atoms with van der Waals surface area (Å²) in [5, 5.41) is 8.58. The average molecular weight is 290 g/mol. The molecule has 0 radical (unpaired) electrons. The third kappa shape index (κ3) is 2.36. The Hall–Kier alpha value is -1.11. The average Bonchev–Trinajstić information content (AvgIpc) is 2.73. The molecule has 1 aromatic rings. The predicted molar refractivity (Wildman–Crippen MR) is 66.0 cm³/mol. The van der Waals surface area contributed by atoms with Crippen LogP contribution in [-0.2, 0) is 14.8 Å². The van der Waals surface area contributed by atoms with E-state index in [4.69, 9.17) is 16.7 Å². The van der Waals surface area contributed by atoms with Crippen molar-refractivity contribution in [3.05, 3.63) is 30.3 Å². The Morgan fingerprint density at radius 1 is 1.33 bits per heavy atom. The Bertz CT molecular complexity index is 545. The zero-order valence-corrected chi connectivity index (χ0v) is 10.9. The van der Waals surface area contributed by atoms with Crippen molar-refractivity contribution in [2.24, 2.45) is 0 Å². The zero-order chi connectivity index (χ0) is 13.3. The van der Waals surface area contributed by atoms with Crippen LogP contribution in [0.25, 0.3) is 0 Å². The summed E-state index contributed by atoms with van der Waals surface area (Å²) < 4.78 is 25.6. The van der Waals surface area contributed by atoms with Gasteiger partial charge in [-0.05, 0) is 18.6 Å². The molecule has 0 unspecified atom stereocenters. The van der Waals surface area contributed by atoms with E-state index in [1.807, 2.05) is 0 Å². The smallest absolute Gasteiger partial charge is 0.322 e. The number of hydrogen-bond donors (Lipinski definition) is 1. The number of benzene rings is 1. The lowest BCUT2D eigenvalue weighted by molar-refractivity contribution is -0.140. The zero-order valence-electron chi connectivity index (χ0n) is 9.36. The van der Waals surface area contributed by atoms with E-state index in [2.05, 4.69) is 0 Å². The summed E-state index contributed by atoms with van der Waals surface area (Å²) >= 11 is 5.87. The Kier molecular flexibility index (Phi) is 3.61. The Balaban J connectivity index is 2.38. The molecule has 18 heavy (non-hydrogen) atoms. The van der Waals surface area contributed by atoms with Gasteiger partial charge in [-0.1, -0.05) is 18.2 Å². The number of nitrogens with zero attached hydrogens (tertiary/aromatic N) is 1. The molecule has 2 atom stereocenters. The third-order valence-corrected chi connectivity index (χ3v) is 5.04. The van der Waals surface area contributed by atoms with Crippen LogP contribution < -0.4 is 0 Å². The van der Waals surface area contributed by atoms with E-state index in [1.165, 1.54) is 12.1 Å². The molecule has 1 aromatic carbocycles. The van der Waals surface area contributed by atoms with Gasteiger partial charge in [-0.15, -0.1) is 11.6 Å². The molecule has 0 aromatic heterocycles. The normalized spacial score (nSPS) is 25.2.